The molecule has 0 saturated heterocycles. The molecule has 0 saturated carbocycles. The van der Waals surface area contributed by atoms with E-state index in [-0.39, 0.29) is 12.1 Å². The fourth-order valence-electron chi connectivity index (χ4n) is 1.70. The van der Waals surface area contributed by atoms with Gasteiger partial charge in [0.1, 0.15) is 11.4 Å². The van der Waals surface area contributed by atoms with Gasteiger partial charge in [0.15, 0.2) is 0 Å². The zero-order chi connectivity index (χ0) is 14.0. The molecule has 19 heavy (non-hydrogen) atoms. The molecule has 2 aromatic rings. The Morgan fingerprint density at radius 2 is 2.11 bits per heavy atom. The topological polar surface area (TPSA) is 59.3 Å². The number of nitrogens with zero attached hydrogens (tertiary/aromatic N) is 1. The van der Waals surface area contributed by atoms with Crippen molar-refractivity contribution in [2.45, 2.75) is 6.54 Å². The van der Waals surface area contributed by atoms with E-state index in [4.69, 9.17) is 5.11 Å². The van der Waals surface area contributed by atoms with Crippen LogP contribution in [0.1, 0.15) is 15.9 Å². The largest absolute Gasteiger partial charge is 0.477 e. The lowest BCUT2D eigenvalue weighted by atomic mass is 10.2. The number of carboxylic acid groups (broad SMARTS) is 1. The van der Waals surface area contributed by atoms with Crippen LogP contribution in [0.5, 0.6) is 0 Å². The maximum Gasteiger partial charge on any atom is 0.341 e. The Hall–Kier alpha value is -1.95. The highest BCUT2D eigenvalue weighted by atomic mass is 79.9. The number of aromatic nitrogens is 1. The lowest BCUT2D eigenvalue weighted by Crippen LogP contribution is -2.26. The second-order valence-corrected chi connectivity index (χ2v) is 4.86. The molecule has 0 aliphatic heterocycles. The molecule has 0 atom stereocenters. The number of carboxylic acids is 1. The summed E-state index contributed by atoms with van der Waals surface area (Å²) in [5, 5.41) is 8.93. The van der Waals surface area contributed by atoms with Crippen molar-refractivity contribution in [3.05, 3.63) is 68.3 Å². The molecule has 0 spiro atoms. The number of hydrogen-bond donors (Lipinski definition) is 1. The monoisotopic (exact) mass is 325 g/mol. The van der Waals surface area contributed by atoms with E-state index in [1.165, 1.54) is 35.0 Å². The zero-order valence-electron chi connectivity index (χ0n) is 9.64. The first kappa shape index (κ1) is 13.5. The standard InChI is InChI=1S/C13H9BrFNO3/c14-9-5-11(13(18)19)12(17)16(7-9)6-8-2-1-3-10(15)4-8/h1-5,7H,6H2,(H,18,19). The fraction of sp³-hybridized carbons (Fsp3) is 0.0769. The summed E-state index contributed by atoms with van der Waals surface area (Å²) in [7, 11) is 0. The highest BCUT2D eigenvalue weighted by Gasteiger charge is 2.12. The van der Waals surface area contributed by atoms with Gasteiger partial charge in [-0.2, -0.15) is 0 Å². The average Bonchev–Trinajstić information content (AvgIpc) is 2.33. The van der Waals surface area contributed by atoms with Crippen molar-refractivity contribution in [1.82, 2.24) is 4.57 Å². The van der Waals surface area contributed by atoms with Gasteiger partial charge in [-0.05, 0) is 39.7 Å². The Morgan fingerprint density at radius 1 is 1.37 bits per heavy atom. The van der Waals surface area contributed by atoms with Crippen LogP contribution in [0.15, 0.2) is 45.8 Å². The normalized spacial score (nSPS) is 10.4. The summed E-state index contributed by atoms with van der Waals surface area (Å²) >= 11 is 3.15. The molecule has 0 radical (unpaired) electrons. The third kappa shape index (κ3) is 3.08. The molecule has 0 aliphatic rings. The van der Waals surface area contributed by atoms with Crippen LogP contribution in [0.4, 0.5) is 4.39 Å². The number of pyridine rings is 1. The van der Waals surface area contributed by atoms with E-state index in [9.17, 15) is 14.0 Å². The predicted octanol–water partition coefficient (Wildman–Crippen LogP) is 2.50. The van der Waals surface area contributed by atoms with E-state index in [0.29, 0.717) is 10.0 Å². The van der Waals surface area contributed by atoms with Gasteiger partial charge in [0.2, 0.25) is 0 Å². The number of rotatable bonds is 3. The summed E-state index contributed by atoms with van der Waals surface area (Å²) in [5.41, 5.74) is -0.373. The van der Waals surface area contributed by atoms with Crippen LogP contribution in [0, 0.1) is 5.82 Å². The van der Waals surface area contributed by atoms with E-state index in [2.05, 4.69) is 15.9 Å². The molecule has 1 heterocycles. The number of aromatic carboxylic acids is 1. The SMILES string of the molecule is O=C(O)c1cc(Br)cn(Cc2cccc(F)c2)c1=O. The van der Waals surface area contributed by atoms with Crippen molar-refractivity contribution in [2.24, 2.45) is 0 Å². The third-order valence-electron chi connectivity index (χ3n) is 2.53. The maximum absolute atomic E-state index is 13.1. The number of halogens is 2. The first-order chi connectivity index (χ1) is 8.97. The minimum atomic E-state index is -1.29. The Morgan fingerprint density at radius 3 is 2.74 bits per heavy atom. The summed E-state index contributed by atoms with van der Waals surface area (Å²) in [4.78, 5) is 22.9. The average molecular weight is 326 g/mol. The Labute approximate surface area is 116 Å². The van der Waals surface area contributed by atoms with Gasteiger partial charge in [-0.1, -0.05) is 12.1 Å². The molecule has 0 fully saturated rings. The first-order valence-electron chi connectivity index (χ1n) is 5.35. The lowest BCUT2D eigenvalue weighted by Gasteiger charge is -2.08. The van der Waals surface area contributed by atoms with Crippen molar-refractivity contribution in [3.63, 3.8) is 0 Å². The Kier molecular flexibility index (Phi) is 3.80. The summed E-state index contributed by atoms with van der Waals surface area (Å²) in [6.45, 7) is 0.107. The molecular weight excluding hydrogens is 317 g/mol. The predicted molar refractivity (Wildman–Crippen MR) is 70.9 cm³/mol. The van der Waals surface area contributed by atoms with Gasteiger partial charge in [0.05, 0.1) is 6.54 Å². The van der Waals surface area contributed by atoms with Crippen LogP contribution in [0.3, 0.4) is 0 Å². The Bertz CT molecular complexity index is 697. The second kappa shape index (κ2) is 5.36. The van der Waals surface area contributed by atoms with Crippen LogP contribution in [0.2, 0.25) is 0 Å². The second-order valence-electron chi connectivity index (χ2n) is 3.94. The van der Waals surface area contributed by atoms with Crippen molar-refractivity contribution < 1.29 is 14.3 Å². The highest BCUT2D eigenvalue weighted by molar-refractivity contribution is 9.10. The van der Waals surface area contributed by atoms with E-state index in [1.54, 1.807) is 6.07 Å². The van der Waals surface area contributed by atoms with Crippen molar-refractivity contribution in [3.8, 4) is 0 Å². The van der Waals surface area contributed by atoms with Gasteiger partial charge >= 0.3 is 5.97 Å². The van der Waals surface area contributed by atoms with E-state index >= 15 is 0 Å². The van der Waals surface area contributed by atoms with Gasteiger partial charge in [-0.3, -0.25) is 4.79 Å². The molecule has 6 heteroatoms. The number of carbonyl (C=O) groups is 1. The van der Waals surface area contributed by atoms with Crippen molar-refractivity contribution >= 4 is 21.9 Å². The number of benzene rings is 1. The van der Waals surface area contributed by atoms with Crippen molar-refractivity contribution in [1.29, 1.82) is 0 Å². The summed E-state index contributed by atoms with van der Waals surface area (Å²) in [5.74, 6) is -1.70. The maximum atomic E-state index is 13.1. The van der Waals surface area contributed by atoms with Crippen molar-refractivity contribution in [2.75, 3.05) is 0 Å². The Balaban J connectivity index is 2.46. The number of hydrogen-bond acceptors (Lipinski definition) is 2. The molecule has 0 amide bonds. The lowest BCUT2D eigenvalue weighted by molar-refractivity contribution is 0.0694. The summed E-state index contributed by atoms with van der Waals surface area (Å²) < 4.78 is 14.8. The molecule has 4 nitrogen and oxygen atoms in total. The summed E-state index contributed by atoms with van der Waals surface area (Å²) in [6.07, 6.45) is 1.47. The smallest absolute Gasteiger partial charge is 0.341 e. The van der Waals surface area contributed by atoms with Crippen LogP contribution in [-0.2, 0) is 6.54 Å². The molecule has 1 N–H and O–H groups in total. The van der Waals surface area contributed by atoms with E-state index in [1.807, 2.05) is 0 Å². The van der Waals surface area contributed by atoms with Gasteiger partial charge in [0, 0.05) is 10.7 Å². The van der Waals surface area contributed by atoms with Gasteiger partial charge < -0.3 is 9.67 Å². The summed E-state index contributed by atoms with van der Waals surface area (Å²) in [6, 6.07) is 7.04. The van der Waals surface area contributed by atoms with Gasteiger partial charge in [0.25, 0.3) is 5.56 Å². The van der Waals surface area contributed by atoms with E-state index < -0.39 is 17.3 Å². The third-order valence-corrected chi connectivity index (χ3v) is 2.96. The first-order valence-corrected chi connectivity index (χ1v) is 6.14. The van der Waals surface area contributed by atoms with E-state index in [0.717, 1.165) is 0 Å². The minimum absolute atomic E-state index is 0.107. The highest BCUT2D eigenvalue weighted by Crippen LogP contribution is 2.11. The van der Waals surface area contributed by atoms with Gasteiger partial charge in [-0.15, -0.1) is 0 Å². The zero-order valence-corrected chi connectivity index (χ0v) is 11.2. The minimum Gasteiger partial charge on any atom is -0.477 e. The molecule has 0 bridgehead atoms. The van der Waals surface area contributed by atoms with Crippen LogP contribution in [0.25, 0.3) is 0 Å². The van der Waals surface area contributed by atoms with Crippen LogP contribution in [-0.4, -0.2) is 15.6 Å². The van der Waals surface area contributed by atoms with Gasteiger partial charge in [-0.25, -0.2) is 9.18 Å². The molecule has 98 valence electrons. The molecule has 1 aromatic carbocycles. The molecular formula is C13H9BrFNO3. The molecule has 0 aliphatic carbocycles. The van der Waals surface area contributed by atoms with Crippen LogP contribution >= 0.6 is 15.9 Å². The fourth-order valence-corrected chi connectivity index (χ4v) is 2.18. The molecule has 1 aromatic heterocycles. The molecule has 2 rings (SSSR count). The quantitative estimate of drug-likeness (QED) is 0.943. The molecule has 0 unspecified atom stereocenters. The van der Waals surface area contributed by atoms with Crippen LogP contribution < -0.4 is 5.56 Å².